The van der Waals surface area contributed by atoms with Crippen LogP contribution in [0.3, 0.4) is 0 Å². The summed E-state index contributed by atoms with van der Waals surface area (Å²) in [4.78, 5) is 11.1. The van der Waals surface area contributed by atoms with E-state index in [9.17, 15) is 4.79 Å². The van der Waals surface area contributed by atoms with Crippen LogP contribution in [0.15, 0.2) is 0 Å². The predicted octanol–water partition coefficient (Wildman–Crippen LogP) is 2.64. The summed E-state index contributed by atoms with van der Waals surface area (Å²) in [6.07, 6.45) is 0.996. The molecule has 3 heteroatoms. The fourth-order valence-electron chi connectivity index (χ4n) is 0.541. The molecule has 0 aromatic rings. The van der Waals surface area contributed by atoms with Gasteiger partial charge in [0.05, 0.1) is 0 Å². The largest absolute Gasteiger partial charge is 0.347 e. The van der Waals surface area contributed by atoms with Crippen molar-refractivity contribution in [3.63, 3.8) is 0 Å². The Labute approximate surface area is 73.1 Å². The van der Waals surface area contributed by atoms with Crippen molar-refractivity contribution in [3.8, 4) is 0 Å². The van der Waals surface area contributed by atoms with E-state index in [1.165, 1.54) is 11.8 Å². The molecule has 0 aliphatic heterocycles. The number of hydrogen-bond donors (Lipinski definition) is 1. The molecule has 11 heavy (non-hydrogen) atoms. The molecule has 0 rings (SSSR count). The summed E-state index contributed by atoms with van der Waals surface area (Å²) in [6.45, 7) is 8.92. The molecule has 0 unspecified atom stereocenters. The molecule has 0 radical (unpaired) electrons. The van der Waals surface area contributed by atoms with Crippen LogP contribution in [0.2, 0.25) is 0 Å². The van der Waals surface area contributed by atoms with E-state index < -0.39 is 0 Å². The fourth-order valence-corrected chi connectivity index (χ4v) is 1.27. The van der Waals surface area contributed by atoms with E-state index in [0.29, 0.717) is 0 Å². The maximum Gasteiger partial charge on any atom is 0.279 e. The smallest absolute Gasteiger partial charge is 0.279 e. The third-order valence-electron chi connectivity index (χ3n) is 0.918. The quantitative estimate of drug-likeness (QED) is 0.699. The lowest BCUT2D eigenvalue weighted by Gasteiger charge is -2.15. The predicted molar refractivity (Wildman–Crippen MR) is 51.0 cm³/mol. The van der Waals surface area contributed by atoms with Crippen LogP contribution in [0.1, 0.15) is 34.1 Å². The van der Waals surface area contributed by atoms with Crippen LogP contribution in [0, 0.1) is 0 Å². The van der Waals surface area contributed by atoms with Gasteiger partial charge < -0.3 is 5.32 Å². The molecular formula is C8H17NOS. The van der Waals surface area contributed by atoms with Crippen molar-refractivity contribution >= 4 is 17.0 Å². The van der Waals surface area contributed by atoms with Gasteiger partial charge in [-0.05, 0) is 6.42 Å². The van der Waals surface area contributed by atoms with Crippen molar-refractivity contribution in [1.82, 2.24) is 5.32 Å². The molecule has 2 nitrogen and oxygen atoms in total. The number of hydrogen-bond acceptors (Lipinski definition) is 2. The van der Waals surface area contributed by atoms with E-state index in [1.54, 1.807) is 0 Å². The maximum absolute atomic E-state index is 11.1. The minimum Gasteiger partial charge on any atom is -0.347 e. The molecule has 1 amide bonds. The Hall–Kier alpha value is -0.180. The van der Waals surface area contributed by atoms with Crippen LogP contribution >= 0.6 is 11.8 Å². The molecule has 0 bridgehead atoms. The average Bonchev–Trinajstić information content (AvgIpc) is 1.79. The third-order valence-corrected chi connectivity index (χ3v) is 1.86. The molecule has 1 N–H and O–H groups in total. The van der Waals surface area contributed by atoms with Gasteiger partial charge in [0.15, 0.2) is 0 Å². The molecule has 0 aromatic carbocycles. The van der Waals surface area contributed by atoms with Crippen molar-refractivity contribution in [2.75, 3.05) is 6.54 Å². The van der Waals surface area contributed by atoms with Gasteiger partial charge in [0.2, 0.25) is 0 Å². The Bertz CT molecular complexity index is 129. The van der Waals surface area contributed by atoms with Crippen molar-refractivity contribution in [2.45, 2.75) is 38.9 Å². The summed E-state index contributed by atoms with van der Waals surface area (Å²) in [5, 5.41) is 2.90. The monoisotopic (exact) mass is 175 g/mol. The SMILES string of the molecule is CCCNC(=O)SC(C)(C)C. The first-order valence-electron chi connectivity index (χ1n) is 3.92. The fraction of sp³-hybridized carbons (Fsp3) is 0.875. The number of carbonyl (C=O) groups is 1. The molecule has 0 saturated heterocycles. The molecule has 0 aliphatic rings. The summed E-state index contributed by atoms with van der Waals surface area (Å²) in [5.41, 5.74) is 0. The first-order chi connectivity index (χ1) is 4.95. The Morgan fingerprint density at radius 2 is 2.00 bits per heavy atom. The summed E-state index contributed by atoms with van der Waals surface area (Å²) < 4.78 is 0.0256. The van der Waals surface area contributed by atoms with Crippen LogP contribution in [0.25, 0.3) is 0 Å². The van der Waals surface area contributed by atoms with Crippen LogP contribution in [0.4, 0.5) is 4.79 Å². The van der Waals surface area contributed by atoms with Crippen LogP contribution < -0.4 is 5.32 Å². The second-order valence-corrected chi connectivity index (χ2v) is 5.23. The third kappa shape index (κ3) is 7.72. The van der Waals surface area contributed by atoms with Crippen LogP contribution in [-0.2, 0) is 0 Å². The van der Waals surface area contributed by atoms with Crippen molar-refractivity contribution < 1.29 is 4.79 Å². The molecule has 0 aliphatic carbocycles. The highest BCUT2D eigenvalue weighted by atomic mass is 32.2. The van der Waals surface area contributed by atoms with Crippen LogP contribution in [0.5, 0.6) is 0 Å². The minimum absolute atomic E-state index is 0.0256. The molecule has 0 atom stereocenters. The Kier molecular flexibility index (Phi) is 4.57. The Morgan fingerprint density at radius 3 is 2.36 bits per heavy atom. The zero-order valence-corrected chi connectivity index (χ0v) is 8.55. The summed E-state index contributed by atoms with van der Waals surface area (Å²) in [6, 6.07) is 0. The molecule has 0 spiro atoms. The van der Waals surface area contributed by atoms with E-state index in [1.807, 2.05) is 27.7 Å². The van der Waals surface area contributed by atoms with Gasteiger partial charge >= 0.3 is 0 Å². The lowest BCUT2D eigenvalue weighted by Crippen LogP contribution is -2.24. The number of nitrogens with one attached hydrogen (secondary N) is 1. The van der Waals surface area contributed by atoms with Gasteiger partial charge in [0, 0.05) is 11.3 Å². The van der Waals surface area contributed by atoms with Gasteiger partial charge in [0.1, 0.15) is 0 Å². The lowest BCUT2D eigenvalue weighted by molar-refractivity contribution is 0.260. The summed E-state index contributed by atoms with van der Waals surface area (Å²) in [5.74, 6) is 0. The van der Waals surface area contributed by atoms with Gasteiger partial charge in [-0.3, -0.25) is 4.79 Å². The maximum atomic E-state index is 11.1. The van der Waals surface area contributed by atoms with Gasteiger partial charge in [-0.15, -0.1) is 0 Å². The standard InChI is InChI=1S/C8H17NOS/c1-5-6-9-7(10)11-8(2,3)4/h5-6H2,1-4H3,(H,9,10). The Balaban J connectivity index is 3.53. The van der Waals surface area contributed by atoms with Crippen molar-refractivity contribution in [2.24, 2.45) is 0 Å². The highest BCUT2D eigenvalue weighted by Crippen LogP contribution is 2.23. The topological polar surface area (TPSA) is 29.1 Å². The number of amides is 1. The minimum atomic E-state index is 0.0256. The first-order valence-corrected chi connectivity index (χ1v) is 4.74. The molecule has 0 saturated carbocycles. The summed E-state index contributed by atoms with van der Waals surface area (Å²) in [7, 11) is 0. The lowest BCUT2D eigenvalue weighted by atomic mass is 10.3. The highest BCUT2D eigenvalue weighted by molar-refractivity contribution is 8.14. The second-order valence-electron chi connectivity index (χ2n) is 3.43. The van der Waals surface area contributed by atoms with Gasteiger partial charge in [0.25, 0.3) is 5.24 Å². The van der Waals surface area contributed by atoms with Crippen LogP contribution in [-0.4, -0.2) is 16.5 Å². The second kappa shape index (κ2) is 4.65. The van der Waals surface area contributed by atoms with E-state index in [0.717, 1.165) is 13.0 Å². The van der Waals surface area contributed by atoms with Crippen molar-refractivity contribution in [1.29, 1.82) is 0 Å². The van der Waals surface area contributed by atoms with Gasteiger partial charge in [-0.2, -0.15) is 0 Å². The average molecular weight is 175 g/mol. The molecule has 0 fully saturated rings. The molecule has 0 heterocycles. The number of rotatable bonds is 2. The Morgan fingerprint density at radius 1 is 1.45 bits per heavy atom. The van der Waals surface area contributed by atoms with E-state index in [-0.39, 0.29) is 9.99 Å². The molecular weight excluding hydrogens is 158 g/mol. The van der Waals surface area contributed by atoms with E-state index >= 15 is 0 Å². The molecule has 66 valence electrons. The molecule has 0 aromatic heterocycles. The van der Waals surface area contributed by atoms with E-state index in [2.05, 4.69) is 5.32 Å². The number of carbonyl (C=O) groups excluding carboxylic acids is 1. The van der Waals surface area contributed by atoms with Gasteiger partial charge in [-0.25, -0.2) is 0 Å². The zero-order chi connectivity index (χ0) is 8.91. The summed E-state index contributed by atoms with van der Waals surface area (Å²) >= 11 is 1.35. The van der Waals surface area contributed by atoms with E-state index in [4.69, 9.17) is 0 Å². The highest BCUT2D eigenvalue weighted by Gasteiger charge is 2.15. The van der Waals surface area contributed by atoms with Crippen molar-refractivity contribution in [3.05, 3.63) is 0 Å². The first kappa shape index (κ1) is 10.8. The van der Waals surface area contributed by atoms with Gasteiger partial charge in [-0.1, -0.05) is 39.5 Å². The normalized spacial score (nSPS) is 11.3. The zero-order valence-electron chi connectivity index (χ0n) is 7.73. The number of thioether (sulfide) groups is 1.